The molecule has 0 heterocycles. The van der Waals surface area contributed by atoms with Crippen LogP contribution in [0.1, 0.15) is 22.8 Å². The molecule has 0 saturated heterocycles. The Balaban J connectivity index is 2.22. The van der Waals surface area contributed by atoms with Gasteiger partial charge in [-0.25, -0.2) is 4.39 Å². The van der Waals surface area contributed by atoms with Gasteiger partial charge in [0.2, 0.25) is 0 Å². The van der Waals surface area contributed by atoms with Crippen LogP contribution in [0, 0.1) is 0 Å². The molecule has 0 aliphatic heterocycles. The van der Waals surface area contributed by atoms with E-state index in [0.29, 0.717) is 12.1 Å². The van der Waals surface area contributed by atoms with Gasteiger partial charge in [0.1, 0.15) is 6.67 Å². The smallest absolute Gasteiger partial charge is 0.254 e. The van der Waals surface area contributed by atoms with Crippen LogP contribution < -0.4 is 0 Å². The van der Waals surface area contributed by atoms with E-state index in [1.807, 2.05) is 48.5 Å². The van der Waals surface area contributed by atoms with Gasteiger partial charge >= 0.3 is 0 Å². The summed E-state index contributed by atoms with van der Waals surface area (Å²) in [6.07, 6.45) is 0. The van der Waals surface area contributed by atoms with Crippen molar-refractivity contribution in [1.29, 1.82) is 0 Å². The Labute approximate surface area is 118 Å². The van der Waals surface area contributed by atoms with Crippen LogP contribution in [0.5, 0.6) is 0 Å². The molecule has 0 aliphatic carbocycles. The van der Waals surface area contributed by atoms with Crippen LogP contribution in [0.25, 0.3) is 0 Å². The third kappa shape index (κ3) is 3.44. The molecule has 0 unspecified atom stereocenters. The number of hydrogen-bond acceptors (Lipinski definition) is 1. The maximum Gasteiger partial charge on any atom is 0.254 e. The molecule has 20 heavy (non-hydrogen) atoms. The zero-order valence-corrected chi connectivity index (χ0v) is 11.5. The highest BCUT2D eigenvalue weighted by atomic mass is 19.1. The van der Waals surface area contributed by atoms with Crippen molar-refractivity contribution in [2.24, 2.45) is 0 Å². The minimum atomic E-state index is -0.550. The van der Waals surface area contributed by atoms with Gasteiger partial charge in [-0.3, -0.25) is 4.79 Å². The fraction of sp³-hybridized carbons (Fsp3) is 0.235. The van der Waals surface area contributed by atoms with Gasteiger partial charge in [-0.05, 0) is 24.6 Å². The first-order valence-corrected chi connectivity index (χ1v) is 6.68. The minimum absolute atomic E-state index is 0.139. The Hall–Kier alpha value is -2.16. The zero-order chi connectivity index (χ0) is 14.4. The van der Waals surface area contributed by atoms with Crippen molar-refractivity contribution in [2.75, 3.05) is 6.67 Å². The number of hydrogen-bond donors (Lipinski definition) is 0. The first kappa shape index (κ1) is 14.3. The number of halogens is 1. The third-order valence-corrected chi connectivity index (χ3v) is 3.23. The highest BCUT2D eigenvalue weighted by Gasteiger charge is 2.21. The van der Waals surface area contributed by atoms with E-state index in [2.05, 4.69) is 0 Å². The molecule has 0 spiro atoms. The molecule has 2 aromatic carbocycles. The maximum atomic E-state index is 13.0. The predicted octanol–water partition coefficient (Wildman–Crippen LogP) is 3.69. The van der Waals surface area contributed by atoms with E-state index in [4.69, 9.17) is 0 Å². The Morgan fingerprint density at radius 1 is 1.05 bits per heavy atom. The molecule has 0 saturated carbocycles. The predicted molar refractivity (Wildman–Crippen MR) is 78.2 cm³/mol. The molecule has 104 valence electrons. The van der Waals surface area contributed by atoms with E-state index in [1.165, 1.54) is 0 Å². The van der Waals surface area contributed by atoms with Gasteiger partial charge in [0.05, 0.1) is 6.04 Å². The highest BCUT2D eigenvalue weighted by Crippen LogP contribution is 2.13. The summed E-state index contributed by atoms with van der Waals surface area (Å²) in [4.78, 5) is 14.1. The van der Waals surface area contributed by atoms with Crippen LogP contribution in [0.2, 0.25) is 0 Å². The summed E-state index contributed by atoms with van der Waals surface area (Å²) in [5, 5.41) is 0. The first-order valence-electron chi connectivity index (χ1n) is 6.68. The molecule has 0 aromatic heterocycles. The summed E-state index contributed by atoms with van der Waals surface area (Å²) in [5.74, 6) is -0.139. The van der Waals surface area contributed by atoms with E-state index in [9.17, 15) is 9.18 Å². The van der Waals surface area contributed by atoms with Crippen molar-refractivity contribution in [2.45, 2.75) is 19.5 Å². The summed E-state index contributed by atoms with van der Waals surface area (Å²) in [5.41, 5.74) is 1.58. The van der Waals surface area contributed by atoms with Crippen LogP contribution >= 0.6 is 0 Å². The van der Waals surface area contributed by atoms with Gasteiger partial charge in [0.15, 0.2) is 0 Å². The number of amides is 1. The van der Waals surface area contributed by atoms with Gasteiger partial charge < -0.3 is 4.90 Å². The summed E-state index contributed by atoms with van der Waals surface area (Å²) in [7, 11) is 0. The largest absolute Gasteiger partial charge is 0.329 e. The molecule has 0 fully saturated rings. The molecule has 3 heteroatoms. The summed E-state index contributed by atoms with van der Waals surface area (Å²) in [6.45, 7) is 1.59. The lowest BCUT2D eigenvalue weighted by Crippen LogP contribution is -2.39. The van der Waals surface area contributed by atoms with Gasteiger partial charge in [-0.15, -0.1) is 0 Å². The molecular formula is C17H18FNO. The molecule has 2 nitrogen and oxygen atoms in total. The zero-order valence-electron chi connectivity index (χ0n) is 11.5. The average Bonchev–Trinajstić information content (AvgIpc) is 2.53. The Morgan fingerprint density at radius 2 is 1.60 bits per heavy atom. The molecule has 2 rings (SSSR count). The molecule has 0 bridgehead atoms. The molecule has 2 aromatic rings. The number of rotatable bonds is 5. The fourth-order valence-corrected chi connectivity index (χ4v) is 2.04. The van der Waals surface area contributed by atoms with E-state index in [0.717, 1.165) is 5.56 Å². The van der Waals surface area contributed by atoms with E-state index in [-0.39, 0.29) is 5.91 Å². The fourth-order valence-electron chi connectivity index (χ4n) is 2.04. The highest BCUT2D eigenvalue weighted by molar-refractivity contribution is 5.94. The first-order chi connectivity index (χ1) is 9.72. The number of nitrogens with zero attached hydrogens (tertiary/aromatic N) is 1. The Kier molecular flexibility index (Phi) is 4.88. The lowest BCUT2D eigenvalue weighted by atomic mass is 10.1. The molecule has 1 atom stereocenters. The number of benzene rings is 2. The van der Waals surface area contributed by atoms with Crippen molar-refractivity contribution in [3.05, 3.63) is 71.8 Å². The van der Waals surface area contributed by atoms with Crippen molar-refractivity contribution in [3.8, 4) is 0 Å². The summed E-state index contributed by atoms with van der Waals surface area (Å²) in [6, 6.07) is 18.2. The summed E-state index contributed by atoms with van der Waals surface area (Å²) < 4.78 is 13.0. The molecule has 0 radical (unpaired) electrons. The Bertz CT molecular complexity index is 541. The molecule has 1 amide bonds. The second-order valence-electron chi connectivity index (χ2n) is 4.79. The lowest BCUT2D eigenvalue weighted by molar-refractivity contribution is 0.0648. The van der Waals surface area contributed by atoms with Crippen LogP contribution in [0.4, 0.5) is 4.39 Å². The number of carbonyl (C=O) groups excluding carboxylic acids is 1. The standard InChI is InChI=1S/C17H18FNO/c1-14(12-18)19(13-15-8-4-2-5-9-15)17(20)16-10-6-3-7-11-16/h2-11,14H,12-13H2,1H3/t14-/m0/s1. The molecular weight excluding hydrogens is 253 g/mol. The number of carbonyl (C=O) groups is 1. The van der Waals surface area contributed by atoms with Crippen LogP contribution in [-0.2, 0) is 6.54 Å². The quantitative estimate of drug-likeness (QED) is 0.812. The van der Waals surface area contributed by atoms with E-state index in [1.54, 1.807) is 24.0 Å². The van der Waals surface area contributed by atoms with Crippen molar-refractivity contribution >= 4 is 5.91 Å². The normalized spacial score (nSPS) is 11.9. The van der Waals surface area contributed by atoms with Crippen LogP contribution in [0.3, 0.4) is 0 Å². The third-order valence-electron chi connectivity index (χ3n) is 3.23. The van der Waals surface area contributed by atoms with Crippen LogP contribution in [-0.4, -0.2) is 23.5 Å². The van der Waals surface area contributed by atoms with E-state index >= 15 is 0 Å². The molecule has 0 aliphatic rings. The van der Waals surface area contributed by atoms with Crippen molar-refractivity contribution in [3.63, 3.8) is 0 Å². The molecule has 0 N–H and O–H groups in total. The van der Waals surface area contributed by atoms with Crippen LogP contribution in [0.15, 0.2) is 60.7 Å². The van der Waals surface area contributed by atoms with Gasteiger partial charge in [0.25, 0.3) is 5.91 Å². The second-order valence-corrected chi connectivity index (χ2v) is 4.79. The minimum Gasteiger partial charge on any atom is -0.329 e. The van der Waals surface area contributed by atoms with Gasteiger partial charge in [-0.2, -0.15) is 0 Å². The topological polar surface area (TPSA) is 20.3 Å². The van der Waals surface area contributed by atoms with E-state index < -0.39 is 12.7 Å². The maximum absolute atomic E-state index is 13.0. The SMILES string of the molecule is C[C@@H](CF)N(Cc1ccccc1)C(=O)c1ccccc1. The second kappa shape index (κ2) is 6.85. The average molecular weight is 271 g/mol. The Morgan fingerprint density at radius 3 is 2.15 bits per heavy atom. The van der Waals surface area contributed by atoms with Crippen molar-refractivity contribution < 1.29 is 9.18 Å². The monoisotopic (exact) mass is 271 g/mol. The van der Waals surface area contributed by atoms with Gasteiger partial charge in [-0.1, -0.05) is 48.5 Å². The van der Waals surface area contributed by atoms with Gasteiger partial charge in [0, 0.05) is 12.1 Å². The lowest BCUT2D eigenvalue weighted by Gasteiger charge is -2.27. The number of alkyl halides is 1. The van der Waals surface area contributed by atoms with Crippen molar-refractivity contribution in [1.82, 2.24) is 4.90 Å². The summed E-state index contributed by atoms with van der Waals surface area (Å²) >= 11 is 0.